The molecule has 3 saturated heterocycles. The molecule has 0 unspecified atom stereocenters. The molecule has 1 saturated carbocycles. The summed E-state index contributed by atoms with van der Waals surface area (Å²) in [6.07, 6.45) is 3.75. The van der Waals surface area contributed by atoms with Gasteiger partial charge in [-0.25, -0.2) is 4.79 Å². The monoisotopic (exact) mass is 471 g/mol. The first kappa shape index (κ1) is 23.6. The molecule has 3 heterocycles. The standard InChI is InChI=1S/C26H37N3O5/c1-27(2)26(22-6-4-3-5-7-22)10-8-25(9-11-26)19-28(13-23(30)34-18-21-16-33-17-21)24(31)29(25)12-20-14-32-15-20/h3-7,20-21H,8-19H2,1-2H3/t25-,26+. The van der Waals surface area contributed by atoms with Gasteiger partial charge in [0.15, 0.2) is 0 Å². The van der Waals surface area contributed by atoms with Crippen LogP contribution >= 0.6 is 0 Å². The summed E-state index contributed by atoms with van der Waals surface area (Å²) in [5, 5.41) is 0. The van der Waals surface area contributed by atoms with E-state index < -0.39 is 0 Å². The summed E-state index contributed by atoms with van der Waals surface area (Å²) < 4.78 is 16.0. The molecule has 4 fully saturated rings. The van der Waals surface area contributed by atoms with Crippen molar-refractivity contribution in [1.82, 2.24) is 14.7 Å². The number of hydrogen-bond donors (Lipinski definition) is 0. The fourth-order valence-corrected chi connectivity index (χ4v) is 6.02. The number of rotatable bonds is 8. The van der Waals surface area contributed by atoms with E-state index in [9.17, 15) is 9.59 Å². The molecule has 8 heteroatoms. The largest absolute Gasteiger partial charge is 0.464 e. The Kier molecular flexibility index (Phi) is 6.57. The van der Waals surface area contributed by atoms with Gasteiger partial charge in [0, 0.05) is 30.5 Å². The van der Waals surface area contributed by atoms with E-state index in [4.69, 9.17) is 14.2 Å². The summed E-state index contributed by atoms with van der Waals surface area (Å²) in [5.74, 6) is 0.336. The van der Waals surface area contributed by atoms with Gasteiger partial charge in [0.25, 0.3) is 0 Å². The van der Waals surface area contributed by atoms with E-state index in [1.54, 1.807) is 4.90 Å². The molecule has 8 nitrogen and oxygen atoms in total. The van der Waals surface area contributed by atoms with Gasteiger partial charge in [-0.3, -0.25) is 9.69 Å². The zero-order chi connectivity index (χ0) is 23.8. The summed E-state index contributed by atoms with van der Waals surface area (Å²) in [4.78, 5) is 32.2. The van der Waals surface area contributed by atoms with Crippen molar-refractivity contribution in [2.75, 3.05) is 66.8 Å². The van der Waals surface area contributed by atoms with Gasteiger partial charge in [-0.05, 0) is 45.3 Å². The number of esters is 1. The number of amides is 2. The predicted molar refractivity (Wildman–Crippen MR) is 126 cm³/mol. The van der Waals surface area contributed by atoms with E-state index in [0.717, 1.165) is 25.7 Å². The van der Waals surface area contributed by atoms with E-state index >= 15 is 0 Å². The average molecular weight is 472 g/mol. The topological polar surface area (TPSA) is 71.6 Å². The number of carbonyl (C=O) groups is 2. The molecule has 0 atom stereocenters. The molecule has 3 aliphatic heterocycles. The van der Waals surface area contributed by atoms with Crippen LogP contribution in [0.5, 0.6) is 0 Å². The van der Waals surface area contributed by atoms with Crippen molar-refractivity contribution in [3.05, 3.63) is 35.9 Å². The third-order valence-electron chi connectivity index (χ3n) is 8.39. The van der Waals surface area contributed by atoms with E-state index in [1.165, 1.54) is 5.56 Å². The van der Waals surface area contributed by atoms with Gasteiger partial charge < -0.3 is 24.0 Å². The highest BCUT2D eigenvalue weighted by molar-refractivity contribution is 5.83. The van der Waals surface area contributed by atoms with Crippen LogP contribution in [-0.4, -0.2) is 99.0 Å². The van der Waals surface area contributed by atoms with E-state index in [2.05, 4.69) is 54.2 Å². The quantitative estimate of drug-likeness (QED) is 0.542. The molecular formula is C26H37N3O5. The first-order chi connectivity index (χ1) is 16.4. The van der Waals surface area contributed by atoms with Gasteiger partial charge in [0.1, 0.15) is 6.54 Å². The molecule has 1 aliphatic carbocycles. The number of carbonyl (C=O) groups excluding carboxylic acids is 2. The first-order valence-electron chi connectivity index (χ1n) is 12.5. The molecule has 1 spiro atoms. The molecule has 2 amide bonds. The van der Waals surface area contributed by atoms with Crippen molar-refractivity contribution in [3.63, 3.8) is 0 Å². The molecule has 4 aliphatic rings. The average Bonchev–Trinajstić information content (AvgIpc) is 3.01. The van der Waals surface area contributed by atoms with Crippen LogP contribution in [0.4, 0.5) is 4.79 Å². The van der Waals surface area contributed by atoms with E-state index in [-0.39, 0.29) is 35.5 Å². The van der Waals surface area contributed by atoms with Crippen molar-refractivity contribution in [3.8, 4) is 0 Å². The Hall–Kier alpha value is -2.16. The van der Waals surface area contributed by atoms with E-state index in [1.807, 2.05) is 0 Å². The Morgan fingerprint density at radius 3 is 2.24 bits per heavy atom. The number of benzene rings is 1. The second kappa shape index (κ2) is 9.47. The molecule has 1 aromatic carbocycles. The maximum absolute atomic E-state index is 13.5. The minimum absolute atomic E-state index is 0.0172. The Bertz CT molecular complexity index is 876. The molecule has 0 aromatic heterocycles. The van der Waals surface area contributed by atoms with E-state index in [0.29, 0.717) is 52.0 Å². The van der Waals surface area contributed by atoms with Gasteiger partial charge in [0.05, 0.1) is 38.6 Å². The first-order valence-corrected chi connectivity index (χ1v) is 12.5. The Balaban J connectivity index is 1.31. The predicted octanol–water partition coefficient (Wildman–Crippen LogP) is 2.33. The number of hydrogen-bond acceptors (Lipinski definition) is 6. The summed E-state index contributed by atoms with van der Waals surface area (Å²) in [5.41, 5.74) is 1.04. The van der Waals surface area contributed by atoms with Crippen LogP contribution in [0.1, 0.15) is 31.2 Å². The van der Waals surface area contributed by atoms with Crippen LogP contribution in [0.3, 0.4) is 0 Å². The van der Waals surface area contributed by atoms with Crippen molar-refractivity contribution >= 4 is 12.0 Å². The lowest BCUT2D eigenvalue weighted by atomic mass is 9.68. The summed E-state index contributed by atoms with van der Waals surface area (Å²) >= 11 is 0. The van der Waals surface area contributed by atoms with Crippen LogP contribution in [0.15, 0.2) is 30.3 Å². The molecule has 1 aromatic rings. The van der Waals surface area contributed by atoms with Gasteiger partial charge in [0.2, 0.25) is 0 Å². The van der Waals surface area contributed by atoms with Crippen molar-refractivity contribution in [2.24, 2.45) is 11.8 Å². The molecule has 0 radical (unpaired) electrons. The summed E-state index contributed by atoms with van der Waals surface area (Å²) in [7, 11) is 4.31. The number of urea groups is 1. The minimum Gasteiger partial charge on any atom is -0.464 e. The SMILES string of the molecule is CN(C)[C@]1(c2ccccc2)CC[C@]2(CC1)CN(CC(=O)OCC1COC1)C(=O)N2CC1COC1. The molecular weight excluding hydrogens is 434 g/mol. The fourth-order valence-electron chi connectivity index (χ4n) is 6.02. The molecule has 5 rings (SSSR count). The highest BCUT2D eigenvalue weighted by atomic mass is 16.5. The maximum Gasteiger partial charge on any atom is 0.325 e. The third-order valence-corrected chi connectivity index (χ3v) is 8.39. The van der Waals surface area contributed by atoms with Crippen molar-refractivity contribution in [1.29, 1.82) is 0 Å². The second-order valence-corrected chi connectivity index (χ2v) is 10.8. The normalized spacial score (nSPS) is 30.0. The zero-order valence-electron chi connectivity index (χ0n) is 20.4. The fraction of sp³-hybridized carbons (Fsp3) is 0.692. The lowest BCUT2D eigenvalue weighted by Crippen LogP contribution is -2.57. The highest BCUT2D eigenvalue weighted by Gasteiger charge is 2.55. The van der Waals surface area contributed by atoms with Crippen molar-refractivity contribution < 1.29 is 23.8 Å². The second-order valence-electron chi connectivity index (χ2n) is 10.8. The van der Waals surface area contributed by atoms with Crippen LogP contribution in [0.25, 0.3) is 0 Å². The van der Waals surface area contributed by atoms with Gasteiger partial charge in [-0.15, -0.1) is 0 Å². The molecule has 186 valence electrons. The van der Waals surface area contributed by atoms with Crippen LogP contribution < -0.4 is 0 Å². The summed E-state index contributed by atoms with van der Waals surface area (Å²) in [6, 6.07) is 10.7. The number of nitrogens with zero attached hydrogens (tertiary/aromatic N) is 3. The Morgan fingerprint density at radius 1 is 1.03 bits per heavy atom. The lowest BCUT2D eigenvalue weighted by molar-refractivity contribution is -0.151. The third kappa shape index (κ3) is 4.32. The van der Waals surface area contributed by atoms with Gasteiger partial charge in [-0.2, -0.15) is 0 Å². The van der Waals surface area contributed by atoms with Gasteiger partial charge in [-0.1, -0.05) is 30.3 Å². The number of ether oxygens (including phenoxy) is 3. The Morgan fingerprint density at radius 2 is 1.68 bits per heavy atom. The smallest absolute Gasteiger partial charge is 0.325 e. The lowest BCUT2D eigenvalue weighted by Gasteiger charge is -2.51. The highest BCUT2D eigenvalue weighted by Crippen LogP contribution is 2.49. The van der Waals surface area contributed by atoms with Crippen LogP contribution in [0.2, 0.25) is 0 Å². The summed E-state index contributed by atoms with van der Waals surface area (Å²) in [6.45, 7) is 4.37. The van der Waals surface area contributed by atoms with Crippen LogP contribution in [-0.2, 0) is 24.5 Å². The molecule has 0 N–H and O–H groups in total. The zero-order valence-corrected chi connectivity index (χ0v) is 20.4. The van der Waals surface area contributed by atoms with Crippen molar-refractivity contribution in [2.45, 2.75) is 36.8 Å². The minimum atomic E-state index is -0.327. The molecule has 0 bridgehead atoms. The Labute approximate surface area is 202 Å². The van der Waals surface area contributed by atoms with Crippen LogP contribution in [0, 0.1) is 11.8 Å². The van der Waals surface area contributed by atoms with Gasteiger partial charge >= 0.3 is 12.0 Å². The maximum atomic E-state index is 13.5. The molecule has 34 heavy (non-hydrogen) atoms.